The Morgan fingerprint density at radius 2 is 2.17 bits per heavy atom. The average molecular weight is 244 g/mol. The van der Waals surface area contributed by atoms with Crippen molar-refractivity contribution < 1.29 is 4.74 Å². The Morgan fingerprint density at radius 3 is 2.89 bits per heavy atom. The standard InChI is InChI=1S/C15H20N2O/c1-10(2)16-15-12-9-11(18-3)6-7-13(12)17-8-4-5-14(15)17/h6-7,9-10,16H,4-5,8H2,1-3H3. The summed E-state index contributed by atoms with van der Waals surface area (Å²) in [6.45, 7) is 5.51. The minimum atomic E-state index is 0.451. The van der Waals surface area contributed by atoms with Crippen molar-refractivity contribution in [3.05, 3.63) is 23.9 Å². The largest absolute Gasteiger partial charge is 0.497 e. The molecular weight excluding hydrogens is 224 g/mol. The summed E-state index contributed by atoms with van der Waals surface area (Å²) in [4.78, 5) is 0. The molecule has 96 valence electrons. The molecule has 0 fully saturated rings. The number of benzene rings is 1. The zero-order valence-electron chi connectivity index (χ0n) is 11.3. The fraction of sp³-hybridized carbons (Fsp3) is 0.467. The first-order valence-corrected chi connectivity index (χ1v) is 6.66. The monoisotopic (exact) mass is 244 g/mol. The molecule has 1 aliphatic heterocycles. The Balaban J connectivity index is 2.23. The van der Waals surface area contributed by atoms with Crippen LogP contribution in [0.2, 0.25) is 0 Å². The topological polar surface area (TPSA) is 26.2 Å². The average Bonchev–Trinajstić information content (AvgIpc) is 2.92. The highest BCUT2D eigenvalue weighted by atomic mass is 16.5. The van der Waals surface area contributed by atoms with E-state index < -0.39 is 0 Å². The van der Waals surface area contributed by atoms with E-state index in [9.17, 15) is 0 Å². The number of ether oxygens (including phenoxy) is 1. The Bertz CT molecular complexity index is 584. The first-order chi connectivity index (χ1) is 8.70. The summed E-state index contributed by atoms with van der Waals surface area (Å²) < 4.78 is 7.79. The van der Waals surface area contributed by atoms with E-state index in [4.69, 9.17) is 4.74 Å². The number of hydrogen-bond donors (Lipinski definition) is 1. The molecule has 0 atom stereocenters. The van der Waals surface area contributed by atoms with E-state index in [0.717, 1.165) is 12.3 Å². The van der Waals surface area contributed by atoms with Crippen molar-refractivity contribution >= 4 is 16.6 Å². The molecule has 18 heavy (non-hydrogen) atoms. The van der Waals surface area contributed by atoms with E-state index >= 15 is 0 Å². The molecule has 0 radical (unpaired) electrons. The van der Waals surface area contributed by atoms with Crippen LogP contribution in [0.15, 0.2) is 18.2 Å². The van der Waals surface area contributed by atoms with Gasteiger partial charge in [0.1, 0.15) is 5.75 Å². The maximum absolute atomic E-state index is 5.35. The number of aryl methyl sites for hydroxylation is 1. The van der Waals surface area contributed by atoms with Crippen LogP contribution in [0.1, 0.15) is 26.0 Å². The smallest absolute Gasteiger partial charge is 0.119 e. The number of nitrogens with one attached hydrogen (secondary N) is 1. The lowest BCUT2D eigenvalue weighted by Crippen LogP contribution is -2.10. The van der Waals surface area contributed by atoms with E-state index in [1.54, 1.807) is 7.11 Å². The van der Waals surface area contributed by atoms with Crippen LogP contribution in [-0.2, 0) is 13.0 Å². The Hall–Kier alpha value is -1.64. The van der Waals surface area contributed by atoms with Gasteiger partial charge in [0.15, 0.2) is 0 Å². The highest BCUT2D eigenvalue weighted by Gasteiger charge is 2.21. The van der Waals surface area contributed by atoms with Gasteiger partial charge in [0.25, 0.3) is 0 Å². The fourth-order valence-electron chi connectivity index (χ4n) is 2.88. The molecule has 0 saturated carbocycles. The SMILES string of the molecule is COc1ccc2c(c1)c(NC(C)C)c1n2CCC1. The van der Waals surface area contributed by atoms with Crippen molar-refractivity contribution in [2.75, 3.05) is 12.4 Å². The summed E-state index contributed by atoms with van der Waals surface area (Å²) in [6.07, 6.45) is 2.43. The third kappa shape index (κ3) is 1.65. The summed E-state index contributed by atoms with van der Waals surface area (Å²) in [5.74, 6) is 0.929. The van der Waals surface area contributed by atoms with Crippen molar-refractivity contribution in [1.82, 2.24) is 4.57 Å². The predicted octanol–water partition coefficient (Wildman–Crippen LogP) is 3.42. The number of fused-ring (bicyclic) bond motifs is 3. The van der Waals surface area contributed by atoms with Crippen molar-refractivity contribution in [2.24, 2.45) is 0 Å². The Morgan fingerprint density at radius 1 is 1.33 bits per heavy atom. The lowest BCUT2D eigenvalue weighted by atomic mass is 10.1. The minimum absolute atomic E-state index is 0.451. The van der Waals surface area contributed by atoms with Gasteiger partial charge in [-0.15, -0.1) is 0 Å². The molecule has 3 heteroatoms. The van der Waals surface area contributed by atoms with Crippen LogP contribution in [0, 0.1) is 0 Å². The molecule has 1 aromatic heterocycles. The van der Waals surface area contributed by atoms with Gasteiger partial charge >= 0.3 is 0 Å². The van der Waals surface area contributed by atoms with Gasteiger partial charge < -0.3 is 14.6 Å². The summed E-state index contributed by atoms with van der Waals surface area (Å²) in [5, 5.41) is 4.89. The third-order valence-corrected chi connectivity index (χ3v) is 3.61. The highest BCUT2D eigenvalue weighted by Crippen LogP contribution is 2.37. The summed E-state index contributed by atoms with van der Waals surface area (Å²) in [5.41, 5.74) is 4.08. The van der Waals surface area contributed by atoms with E-state index in [1.807, 2.05) is 6.07 Å². The molecule has 3 nitrogen and oxygen atoms in total. The lowest BCUT2D eigenvalue weighted by molar-refractivity contribution is 0.415. The molecule has 0 saturated heterocycles. The summed E-state index contributed by atoms with van der Waals surface area (Å²) in [7, 11) is 1.72. The first kappa shape index (κ1) is 11.5. The molecule has 2 aromatic rings. The van der Waals surface area contributed by atoms with Gasteiger partial charge in [0, 0.05) is 23.7 Å². The van der Waals surface area contributed by atoms with E-state index in [-0.39, 0.29) is 0 Å². The van der Waals surface area contributed by atoms with Gasteiger partial charge in [-0.25, -0.2) is 0 Å². The summed E-state index contributed by atoms with van der Waals surface area (Å²) in [6, 6.07) is 6.82. The van der Waals surface area contributed by atoms with Crippen LogP contribution < -0.4 is 10.1 Å². The number of anilines is 1. The van der Waals surface area contributed by atoms with E-state index in [0.29, 0.717) is 6.04 Å². The first-order valence-electron chi connectivity index (χ1n) is 6.66. The number of rotatable bonds is 3. The Labute approximate surface area is 108 Å². The highest BCUT2D eigenvalue weighted by molar-refractivity contribution is 5.96. The van der Waals surface area contributed by atoms with Gasteiger partial charge in [-0.1, -0.05) is 0 Å². The second-order valence-corrected chi connectivity index (χ2v) is 5.26. The molecule has 0 aliphatic carbocycles. The van der Waals surface area contributed by atoms with Gasteiger partial charge in [-0.05, 0) is 44.9 Å². The molecular formula is C15H20N2O. The van der Waals surface area contributed by atoms with E-state index in [2.05, 4.69) is 35.9 Å². The maximum atomic E-state index is 5.35. The zero-order valence-corrected chi connectivity index (χ0v) is 11.3. The van der Waals surface area contributed by atoms with Crippen LogP contribution in [0.4, 0.5) is 5.69 Å². The molecule has 0 amide bonds. The second kappa shape index (κ2) is 4.23. The molecule has 0 bridgehead atoms. The van der Waals surface area contributed by atoms with Crippen LogP contribution in [0.5, 0.6) is 5.75 Å². The quantitative estimate of drug-likeness (QED) is 0.895. The Kier molecular flexibility index (Phi) is 2.69. The summed E-state index contributed by atoms with van der Waals surface area (Å²) >= 11 is 0. The number of nitrogens with zero attached hydrogens (tertiary/aromatic N) is 1. The molecule has 0 spiro atoms. The van der Waals surface area contributed by atoms with Crippen molar-refractivity contribution in [3.8, 4) is 5.75 Å². The maximum Gasteiger partial charge on any atom is 0.119 e. The van der Waals surface area contributed by atoms with Crippen molar-refractivity contribution in [3.63, 3.8) is 0 Å². The van der Waals surface area contributed by atoms with Crippen LogP contribution in [0.25, 0.3) is 10.9 Å². The van der Waals surface area contributed by atoms with Crippen molar-refractivity contribution in [1.29, 1.82) is 0 Å². The lowest BCUT2D eigenvalue weighted by Gasteiger charge is -2.11. The second-order valence-electron chi connectivity index (χ2n) is 5.26. The van der Waals surface area contributed by atoms with Crippen LogP contribution in [0.3, 0.4) is 0 Å². The van der Waals surface area contributed by atoms with Crippen molar-refractivity contribution in [2.45, 2.75) is 39.3 Å². The molecule has 1 aliphatic rings. The van der Waals surface area contributed by atoms with E-state index in [1.165, 1.54) is 35.1 Å². The molecule has 1 aromatic carbocycles. The van der Waals surface area contributed by atoms with Gasteiger partial charge in [0.2, 0.25) is 0 Å². The molecule has 2 heterocycles. The molecule has 1 N–H and O–H groups in total. The number of methoxy groups -OCH3 is 1. The van der Waals surface area contributed by atoms with Crippen LogP contribution >= 0.6 is 0 Å². The number of hydrogen-bond acceptors (Lipinski definition) is 2. The molecule has 3 rings (SSSR count). The third-order valence-electron chi connectivity index (χ3n) is 3.61. The van der Waals surface area contributed by atoms with Gasteiger partial charge in [0.05, 0.1) is 18.3 Å². The number of aromatic nitrogens is 1. The predicted molar refractivity (Wildman–Crippen MR) is 75.6 cm³/mol. The fourth-order valence-corrected chi connectivity index (χ4v) is 2.88. The normalized spacial score (nSPS) is 14.2. The zero-order chi connectivity index (χ0) is 12.7. The van der Waals surface area contributed by atoms with Gasteiger partial charge in [-0.2, -0.15) is 0 Å². The minimum Gasteiger partial charge on any atom is -0.497 e. The van der Waals surface area contributed by atoms with Crippen LogP contribution in [-0.4, -0.2) is 17.7 Å². The van der Waals surface area contributed by atoms with Gasteiger partial charge in [-0.3, -0.25) is 0 Å². The molecule has 0 unspecified atom stereocenters.